The van der Waals surface area contributed by atoms with Gasteiger partial charge in [-0.3, -0.25) is 4.98 Å². The van der Waals surface area contributed by atoms with Crippen LogP contribution in [0.3, 0.4) is 0 Å². The van der Waals surface area contributed by atoms with Crippen LogP contribution in [0.4, 0.5) is 39.3 Å². The molecular weight excluding hydrogens is 459 g/mol. The largest absolute Gasteiger partial charge is 0.418 e. The Morgan fingerprint density at radius 2 is 1.68 bits per heavy atom. The fraction of sp³-hybridized carbons (Fsp3) is 0.318. The summed E-state index contributed by atoms with van der Waals surface area (Å²) in [5.41, 5.74) is -0.312. The van der Waals surface area contributed by atoms with Crippen LogP contribution in [0.2, 0.25) is 0 Å². The van der Waals surface area contributed by atoms with Gasteiger partial charge in [0.05, 0.1) is 0 Å². The van der Waals surface area contributed by atoms with E-state index < -0.39 is 23.8 Å². The van der Waals surface area contributed by atoms with Crippen molar-refractivity contribution in [1.29, 1.82) is 0 Å². The van der Waals surface area contributed by atoms with Crippen LogP contribution in [0.25, 0.3) is 11.4 Å². The molecule has 1 unspecified atom stereocenters. The van der Waals surface area contributed by atoms with Crippen LogP contribution in [0.15, 0.2) is 53.8 Å². The third-order valence-corrected chi connectivity index (χ3v) is 4.52. The highest BCUT2D eigenvalue weighted by molar-refractivity contribution is 5.66. The number of halogens is 5. The summed E-state index contributed by atoms with van der Waals surface area (Å²) >= 11 is 0. The first-order valence-corrected chi connectivity index (χ1v) is 10.1. The first-order valence-electron chi connectivity index (χ1n) is 10.1. The highest BCUT2D eigenvalue weighted by atomic mass is 19.4. The summed E-state index contributed by atoms with van der Waals surface area (Å²) in [5.74, 6) is -2.54. The topological polar surface area (TPSA) is 92.2 Å². The number of anilines is 3. The number of pyridine rings is 1. The summed E-state index contributed by atoms with van der Waals surface area (Å²) in [5, 5.41) is 8.19. The molecule has 0 aliphatic carbocycles. The van der Waals surface area contributed by atoms with E-state index in [4.69, 9.17) is 0 Å². The Morgan fingerprint density at radius 3 is 2.29 bits per heavy atom. The van der Waals surface area contributed by atoms with Crippen LogP contribution in [0.1, 0.15) is 38.1 Å². The minimum absolute atomic E-state index is 0.0397. The van der Waals surface area contributed by atoms with Gasteiger partial charge in [-0.2, -0.15) is 22.0 Å². The van der Waals surface area contributed by atoms with Gasteiger partial charge in [-0.15, -0.1) is 4.91 Å². The maximum atomic E-state index is 13.6. The van der Waals surface area contributed by atoms with Crippen LogP contribution in [-0.4, -0.2) is 27.2 Å². The van der Waals surface area contributed by atoms with E-state index in [1.165, 1.54) is 36.5 Å². The molecule has 0 spiro atoms. The molecule has 0 fully saturated rings. The van der Waals surface area contributed by atoms with E-state index in [9.17, 15) is 26.9 Å². The fourth-order valence-corrected chi connectivity index (χ4v) is 3.06. The highest BCUT2D eigenvalue weighted by Gasteiger charge is 2.42. The number of nitrogens with one attached hydrogen (secondary N) is 2. The molecule has 0 aliphatic rings. The van der Waals surface area contributed by atoms with Crippen molar-refractivity contribution in [2.45, 2.75) is 45.0 Å². The van der Waals surface area contributed by atoms with Gasteiger partial charge in [0.1, 0.15) is 17.3 Å². The summed E-state index contributed by atoms with van der Waals surface area (Å²) in [4.78, 5) is 23.2. The Labute approximate surface area is 191 Å². The number of aromatic nitrogens is 3. The lowest BCUT2D eigenvalue weighted by atomic mass is 10.0. The van der Waals surface area contributed by atoms with Gasteiger partial charge in [0, 0.05) is 36.5 Å². The van der Waals surface area contributed by atoms with Crippen molar-refractivity contribution in [2.75, 3.05) is 10.6 Å². The molecule has 34 heavy (non-hydrogen) atoms. The predicted octanol–water partition coefficient (Wildman–Crippen LogP) is 6.58. The second-order valence-electron chi connectivity index (χ2n) is 7.88. The Balaban J connectivity index is 2.04. The molecule has 0 amide bonds. The molecule has 2 aromatic heterocycles. The van der Waals surface area contributed by atoms with Gasteiger partial charge in [-0.25, -0.2) is 9.97 Å². The number of rotatable bonds is 8. The Morgan fingerprint density at radius 1 is 0.971 bits per heavy atom. The standard InChI is InChI=1S/C22H21F5N6O/c1-12(2)29-17-11-18(30-15-7-8-28-16(10-15)21(3,23)24)32-20(31-17)14-6-4-5-13(9-14)19(33-34)22(25,26)27/h4-12,19H,1-3H3,(H2,28,29,30,31,32). The van der Waals surface area contributed by atoms with E-state index >= 15 is 0 Å². The van der Waals surface area contributed by atoms with Crippen molar-refractivity contribution in [3.05, 3.63) is 64.8 Å². The van der Waals surface area contributed by atoms with E-state index in [-0.39, 0.29) is 34.5 Å². The molecule has 12 heteroatoms. The van der Waals surface area contributed by atoms with E-state index in [1.807, 2.05) is 13.8 Å². The molecule has 1 aromatic carbocycles. The molecule has 0 saturated heterocycles. The lowest BCUT2D eigenvalue weighted by Gasteiger charge is -2.16. The van der Waals surface area contributed by atoms with Crippen LogP contribution in [-0.2, 0) is 5.92 Å². The number of hydrogen-bond donors (Lipinski definition) is 2. The number of nitroso groups, excluding NO2 is 1. The van der Waals surface area contributed by atoms with Crippen molar-refractivity contribution in [1.82, 2.24) is 15.0 Å². The van der Waals surface area contributed by atoms with Gasteiger partial charge >= 0.3 is 6.18 Å². The van der Waals surface area contributed by atoms with E-state index in [0.29, 0.717) is 5.82 Å². The Bertz CT molecular complexity index is 1160. The second kappa shape index (κ2) is 9.65. The smallest absolute Gasteiger partial charge is 0.368 e. The second-order valence-corrected chi connectivity index (χ2v) is 7.88. The van der Waals surface area contributed by atoms with Crippen LogP contribution in [0.5, 0.6) is 0 Å². The zero-order valence-electron chi connectivity index (χ0n) is 18.4. The van der Waals surface area contributed by atoms with E-state index in [1.54, 1.807) is 0 Å². The lowest BCUT2D eigenvalue weighted by Crippen LogP contribution is -2.18. The maximum absolute atomic E-state index is 13.6. The monoisotopic (exact) mass is 480 g/mol. The fourth-order valence-electron chi connectivity index (χ4n) is 3.06. The van der Waals surface area contributed by atoms with Crippen LogP contribution < -0.4 is 10.6 Å². The van der Waals surface area contributed by atoms with Gasteiger partial charge in [0.25, 0.3) is 5.92 Å². The van der Waals surface area contributed by atoms with Crippen molar-refractivity contribution in [3.8, 4) is 11.4 Å². The normalized spacial score (nSPS) is 13.0. The third kappa shape index (κ3) is 6.21. The average Bonchev–Trinajstić information content (AvgIpc) is 2.72. The predicted molar refractivity (Wildman–Crippen MR) is 118 cm³/mol. The number of hydrogen-bond acceptors (Lipinski definition) is 7. The maximum Gasteiger partial charge on any atom is 0.418 e. The molecule has 0 radical (unpaired) electrons. The zero-order valence-corrected chi connectivity index (χ0v) is 18.4. The van der Waals surface area contributed by atoms with Gasteiger partial charge in [-0.1, -0.05) is 23.4 Å². The quantitative estimate of drug-likeness (QED) is 0.279. The molecule has 0 bridgehead atoms. The molecule has 3 rings (SSSR count). The summed E-state index contributed by atoms with van der Waals surface area (Å²) in [6, 6.07) is 6.70. The molecule has 0 saturated carbocycles. The van der Waals surface area contributed by atoms with Crippen molar-refractivity contribution in [3.63, 3.8) is 0 Å². The Kier molecular flexibility index (Phi) is 7.08. The molecule has 3 aromatic rings. The van der Waals surface area contributed by atoms with Crippen molar-refractivity contribution in [2.24, 2.45) is 5.18 Å². The average molecular weight is 480 g/mol. The lowest BCUT2D eigenvalue weighted by molar-refractivity contribution is -0.148. The molecule has 2 heterocycles. The minimum Gasteiger partial charge on any atom is -0.368 e. The first-order chi connectivity index (χ1) is 15.9. The molecule has 180 valence electrons. The highest BCUT2D eigenvalue weighted by Crippen LogP contribution is 2.37. The van der Waals surface area contributed by atoms with Crippen LogP contribution in [0, 0.1) is 4.91 Å². The number of alkyl halides is 5. The van der Waals surface area contributed by atoms with Crippen LogP contribution >= 0.6 is 0 Å². The van der Waals surface area contributed by atoms with E-state index in [0.717, 1.165) is 19.1 Å². The Hall–Kier alpha value is -3.70. The van der Waals surface area contributed by atoms with Crippen molar-refractivity contribution < 1.29 is 22.0 Å². The zero-order chi connectivity index (χ0) is 25.1. The molecule has 1 atom stereocenters. The summed E-state index contributed by atoms with van der Waals surface area (Å²) in [6.45, 7) is 4.44. The molecular formula is C22H21F5N6O. The SMILES string of the molecule is CC(C)Nc1cc(Nc2ccnc(C(C)(F)F)c2)nc(-c2cccc(C(N=O)C(F)(F)F)c2)n1. The number of benzene rings is 1. The van der Waals surface area contributed by atoms with Crippen molar-refractivity contribution >= 4 is 17.3 Å². The van der Waals surface area contributed by atoms with E-state index in [2.05, 4.69) is 30.8 Å². The first kappa shape index (κ1) is 24.9. The molecule has 2 N–H and O–H groups in total. The van der Waals surface area contributed by atoms with Gasteiger partial charge in [-0.05, 0) is 37.6 Å². The summed E-state index contributed by atoms with van der Waals surface area (Å²) < 4.78 is 66.8. The summed E-state index contributed by atoms with van der Waals surface area (Å²) in [7, 11) is 0. The minimum atomic E-state index is -4.85. The molecule has 0 aliphatic heterocycles. The van der Waals surface area contributed by atoms with Gasteiger partial charge in [0.2, 0.25) is 6.04 Å². The molecule has 7 nitrogen and oxygen atoms in total. The third-order valence-electron chi connectivity index (χ3n) is 4.52. The van der Waals surface area contributed by atoms with Gasteiger partial charge < -0.3 is 10.6 Å². The summed E-state index contributed by atoms with van der Waals surface area (Å²) in [6.07, 6.45) is -3.63. The van der Waals surface area contributed by atoms with Gasteiger partial charge in [0.15, 0.2) is 5.82 Å². The number of nitrogens with zero attached hydrogens (tertiary/aromatic N) is 4.